The Morgan fingerprint density at radius 3 is 2.50 bits per heavy atom. The molecule has 2 heterocycles. The Labute approximate surface area is 215 Å². The van der Waals surface area contributed by atoms with Gasteiger partial charge in [-0.05, 0) is 55.6 Å². The number of thioether (sulfide) groups is 1. The average molecular weight is 526 g/mol. The molecule has 0 spiro atoms. The van der Waals surface area contributed by atoms with Crippen molar-refractivity contribution in [1.82, 2.24) is 19.7 Å². The van der Waals surface area contributed by atoms with E-state index in [1.807, 2.05) is 29.2 Å². The van der Waals surface area contributed by atoms with Crippen molar-refractivity contribution < 1.29 is 23.8 Å². The Balaban J connectivity index is 1.34. The number of thiazole rings is 1. The molecule has 0 unspecified atom stereocenters. The summed E-state index contributed by atoms with van der Waals surface area (Å²) in [6.07, 6.45) is 1.92. The number of benzene rings is 2. The summed E-state index contributed by atoms with van der Waals surface area (Å²) in [5, 5.41) is 13.8. The molecule has 0 radical (unpaired) electrons. The lowest BCUT2D eigenvalue weighted by molar-refractivity contribution is -0.119. The van der Waals surface area contributed by atoms with Crippen LogP contribution in [0.2, 0.25) is 0 Å². The third-order valence-electron chi connectivity index (χ3n) is 5.10. The fraction of sp³-hybridized carbons (Fsp3) is 0.208. The van der Waals surface area contributed by atoms with Gasteiger partial charge < -0.3 is 14.2 Å². The molecule has 0 saturated heterocycles. The van der Waals surface area contributed by atoms with Gasteiger partial charge in [0.25, 0.3) is 5.91 Å². The van der Waals surface area contributed by atoms with Gasteiger partial charge in [-0.2, -0.15) is 0 Å². The van der Waals surface area contributed by atoms with Crippen LogP contribution in [0, 0.1) is 6.92 Å². The summed E-state index contributed by atoms with van der Waals surface area (Å²) in [4.78, 5) is 29.2. The van der Waals surface area contributed by atoms with Crippen LogP contribution >= 0.6 is 23.1 Å². The number of esters is 1. The maximum Gasteiger partial charge on any atom is 0.338 e. The number of nitrogens with zero attached hydrogens (tertiary/aromatic N) is 4. The highest BCUT2D eigenvalue weighted by Crippen LogP contribution is 2.33. The van der Waals surface area contributed by atoms with E-state index in [4.69, 9.17) is 14.2 Å². The summed E-state index contributed by atoms with van der Waals surface area (Å²) in [7, 11) is 3.13. The first-order valence-corrected chi connectivity index (χ1v) is 12.7. The van der Waals surface area contributed by atoms with Gasteiger partial charge in [0.15, 0.2) is 28.4 Å². The number of aromatic nitrogens is 4. The summed E-state index contributed by atoms with van der Waals surface area (Å²) < 4.78 is 17.6. The number of anilines is 1. The number of hydrogen-bond donors (Lipinski definition) is 1. The number of hydrogen-bond acceptors (Lipinski definition) is 10. The van der Waals surface area contributed by atoms with Crippen LogP contribution in [0.25, 0.3) is 16.9 Å². The maximum absolute atomic E-state index is 12.4. The Hall–Kier alpha value is -3.90. The first kappa shape index (κ1) is 25.2. The minimum absolute atomic E-state index is 0.327. The molecule has 4 aromatic rings. The van der Waals surface area contributed by atoms with Crippen molar-refractivity contribution in [3.63, 3.8) is 0 Å². The average Bonchev–Trinajstić information content (AvgIpc) is 3.53. The van der Waals surface area contributed by atoms with Gasteiger partial charge in [-0.15, -0.1) is 21.5 Å². The summed E-state index contributed by atoms with van der Waals surface area (Å²) in [5.74, 6) is 0.836. The zero-order valence-corrected chi connectivity index (χ0v) is 21.6. The first-order valence-electron chi connectivity index (χ1n) is 10.6. The molecule has 1 N–H and O–H groups in total. The Morgan fingerprint density at radius 1 is 1.06 bits per heavy atom. The van der Waals surface area contributed by atoms with E-state index in [9.17, 15) is 9.59 Å². The molecular formula is C24H23N5O5S2. The molecule has 12 heteroatoms. The number of nitrogens with one attached hydrogen (secondary N) is 1. The molecule has 4 rings (SSSR count). The van der Waals surface area contributed by atoms with Crippen LogP contribution in [-0.4, -0.2) is 58.7 Å². The van der Waals surface area contributed by atoms with Gasteiger partial charge in [-0.25, -0.2) is 9.78 Å². The van der Waals surface area contributed by atoms with Crippen LogP contribution in [0.1, 0.15) is 16.2 Å². The molecule has 2 aromatic carbocycles. The number of carbonyl (C=O) groups excluding carboxylic acids is 2. The minimum Gasteiger partial charge on any atom is -0.493 e. The van der Waals surface area contributed by atoms with Crippen LogP contribution in [0.15, 0.2) is 53.0 Å². The smallest absolute Gasteiger partial charge is 0.338 e. The molecule has 1 amide bonds. The second-order valence-electron chi connectivity index (χ2n) is 7.35. The number of methoxy groups -OCH3 is 2. The monoisotopic (exact) mass is 525 g/mol. The van der Waals surface area contributed by atoms with Gasteiger partial charge in [0, 0.05) is 16.6 Å². The van der Waals surface area contributed by atoms with Gasteiger partial charge in [0.2, 0.25) is 0 Å². The fourth-order valence-electron chi connectivity index (χ4n) is 3.35. The van der Waals surface area contributed by atoms with E-state index in [0.717, 1.165) is 22.2 Å². The van der Waals surface area contributed by atoms with E-state index >= 15 is 0 Å². The SMILES string of the molecule is COc1ccc(-c2csc(NC(=O)COC(=O)c3ccc(-n4c(C)nnc4SC)cc3)n2)cc1OC. The van der Waals surface area contributed by atoms with Crippen molar-refractivity contribution in [1.29, 1.82) is 0 Å². The van der Waals surface area contributed by atoms with Gasteiger partial charge in [-0.3, -0.25) is 14.7 Å². The Kier molecular flexibility index (Phi) is 7.86. The molecule has 0 bridgehead atoms. The molecule has 0 saturated carbocycles. The molecule has 0 aliphatic rings. The second kappa shape index (κ2) is 11.2. The number of aryl methyl sites for hydroxylation is 1. The van der Waals surface area contributed by atoms with Gasteiger partial charge in [-0.1, -0.05) is 11.8 Å². The van der Waals surface area contributed by atoms with Crippen LogP contribution < -0.4 is 14.8 Å². The van der Waals surface area contributed by atoms with E-state index in [2.05, 4.69) is 20.5 Å². The molecule has 0 atom stereocenters. The van der Waals surface area contributed by atoms with E-state index in [-0.39, 0.29) is 0 Å². The second-order valence-corrected chi connectivity index (χ2v) is 8.98. The number of amides is 1. The topological polar surface area (TPSA) is 117 Å². The van der Waals surface area contributed by atoms with Crippen molar-refractivity contribution in [2.24, 2.45) is 0 Å². The highest BCUT2D eigenvalue weighted by atomic mass is 32.2. The number of carbonyl (C=O) groups is 2. The van der Waals surface area contributed by atoms with E-state index in [1.54, 1.807) is 50.6 Å². The largest absolute Gasteiger partial charge is 0.493 e. The standard InChI is InChI=1S/C24H23N5O5S2/c1-14-27-28-24(35-4)29(14)17-8-5-15(6-9-17)22(31)34-12-21(30)26-23-25-18(13-36-23)16-7-10-19(32-2)20(11-16)33-3/h5-11,13H,12H2,1-4H3,(H,25,26,30). The van der Waals surface area contributed by atoms with Gasteiger partial charge in [0.1, 0.15) is 5.82 Å². The van der Waals surface area contributed by atoms with Crippen molar-refractivity contribution in [2.75, 3.05) is 32.4 Å². The predicted molar refractivity (Wildman–Crippen MR) is 137 cm³/mol. The predicted octanol–water partition coefficient (Wildman–Crippen LogP) is 4.23. The summed E-state index contributed by atoms with van der Waals surface area (Å²) in [6, 6.07) is 12.3. The number of ether oxygens (including phenoxy) is 3. The van der Waals surface area contributed by atoms with Crippen LogP contribution in [0.3, 0.4) is 0 Å². The van der Waals surface area contributed by atoms with Crippen LogP contribution in [-0.2, 0) is 9.53 Å². The van der Waals surface area contributed by atoms with Crippen LogP contribution in [0.5, 0.6) is 11.5 Å². The molecule has 0 aliphatic carbocycles. The van der Waals surface area contributed by atoms with Crippen molar-refractivity contribution in [3.05, 3.63) is 59.2 Å². The first-order chi connectivity index (χ1) is 17.4. The summed E-state index contributed by atoms with van der Waals surface area (Å²) >= 11 is 2.74. The Bertz CT molecular complexity index is 1380. The number of rotatable bonds is 9. The maximum atomic E-state index is 12.4. The quantitative estimate of drug-likeness (QED) is 0.253. The van der Waals surface area contributed by atoms with E-state index in [1.165, 1.54) is 23.1 Å². The third-order valence-corrected chi connectivity index (χ3v) is 6.49. The zero-order valence-electron chi connectivity index (χ0n) is 20.0. The molecule has 2 aromatic heterocycles. The highest BCUT2D eigenvalue weighted by Gasteiger charge is 2.15. The van der Waals surface area contributed by atoms with E-state index < -0.39 is 18.5 Å². The van der Waals surface area contributed by atoms with Crippen molar-refractivity contribution in [2.45, 2.75) is 12.1 Å². The Morgan fingerprint density at radius 2 is 1.81 bits per heavy atom. The zero-order chi connectivity index (χ0) is 25.7. The van der Waals surface area contributed by atoms with Crippen LogP contribution in [0.4, 0.5) is 5.13 Å². The molecule has 0 fully saturated rings. The normalized spacial score (nSPS) is 10.7. The highest BCUT2D eigenvalue weighted by molar-refractivity contribution is 7.98. The van der Waals surface area contributed by atoms with E-state index in [0.29, 0.717) is 27.9 Å². The summed E-state index contributed by atoms with van der Waals surface area (Å²) in [5.41, 5.74) is 2.63. The molecular weight excluding hydrogens is 502 g/mol. The lowest BCUT2D eigenvalue weighted by Crippen LogP contribution is -2.20. The molecule has 186 valence electrons. The van der Waals surface area contributed by atoms with Crippen molar-refractivity contribution >= 4 is 40.1 Å². The lowest BCUT2D eigenvalue weighted by atomic mass is 10.1. The lowest BCUT2D eigenvalue weighted by Gasteiger charge is -2.09. The fourth-order valence-corrected chi connectivity index (χ4v) is 4.63. The third kappa shape index (κ3) is 5.50. The molecule has 10 nitrogen and oxygen atoms in total. The van der Waals surface area contributed by atoms with Gasteiger partial charge in [0.05, 0.1) is 25.5 Å². The molecule has 0 aliphatic heterocycles. The van der Waals surface area contributed by atoms with Crippen molar-refractivity contribution in [3.8, 4) is 28.4 Å². The van der Waals surface area contributed by atoms with Gasteiger partial charge >= 0.3 is 5.97 Å². The minimum atomic E-state index is -0.604. The summed E-state index contributed by atoms with van der Waals surface area (Å²) in [6.45, 7) is 1.42. The molecule has 36 heavy (non-hydrogen) atoms.